The molecule has 0 saturated carbocycles. The van der Waals surface area contributed by atoms with Gasteiger partial charge in [-0.1, -0.05) is 41.6 Å². The van der Waals surface area contributed by atoms with Gasteiger partial charge in [0, 0.05) is 42.5 Å². The number of benzene rings is 2. The molecule has 33 heavy (non-hydrogen) atoms. The van der Waals surface area contributed by atoms with Crippen molar-refractivity contribution in [3.8, 4) is 17.1 Å². The first kappa shape index (κ1) is 23.1. The summed E-state index contributed by atoms with van der Waals surface area (Å²) in [5.41, 5.74) is 1.79. The topological polar surface area (TPSA) is 80.6 Å². The lowest BCUT2D eigenvalue weighted by Gasteiger charge is -2.34. The highest BCUT2D eigenvalue weighted by Crippen LogP contribution is 2.29. The molecule has 0 N–H and O–H groups in total. The molecule has 0 radical (unpaired) electrons. The van der Waals surface area contributed by atoms with Gasteiger partial charge in [0.25, 0.3) is 0 Å². The molecule has 1 aliphatic heterocycles. The van der Waals surface area contributed by atoms with E-state index in [1.165, 1.54) is 11.8 Å². The van der Waals surface area contributed by atoms with Gasteiger partial charge in [-0.25, -0.2) is 4.79 Å². The highest BCUT2D eigenvalue weighted by Gasteiger charge is 2.25. The van der Waals surface area contributed by atoms with Crippen LogP contribution in [0, 0.1) is 0 Å². The molecule has 0 atom stereocenters. The molecular weight excluding hydrogens is 462 g/mol. The number of piperazine rings is 1. The number of aromatic nitrogens is 3. The fraction of sp³-hybridized carbons (Fsp3) is 0.304. The Bertz CT molecular complexity index is 1100. The Kier molecular flexibility index (Phi) is 7.51. The van der Waals surface area contributed by atoms with E-state index in [9.17, 15) is 9.59 Å². The molecule has 8 nitrogen and oxygen atoms in total. The molecular formula is C23H24ClN5O3S. The van der Waals surface area contributed by atoms with Crippen molar-refractivity contribution in [2.45, 2.75) is 12.1 Å². The van der Waals surface area contributed by atoms with Crippen molar-refractivity contribution in [2.24, 2.45) is 0 Å². The number of ether oxygens (including phenoxy) is 1. The van der Waals surface area contributed by atoms with Gasteiger partial charge in [-0.15, -0.1) is 10.2 Å². The third kappa shape index (κ3) is 5.48. The van der Waals surface area contributed by atoms with Crippen LogP contribution in [0.4, 0.5) is 4.79 Å². The van der Waals surface area contributed by atoms with E-state index in [1.54, 1.807) is 16.7 Å². The second-order valence-electron chi connectivity index (χ2n) is 7.34. The number of amides is 2. The average molecular weight is 486 g/mol. The summed E-state index contributed by atoms with van der Waals surface area (Å²) in [6, 6.07) is 17.2. The largest absolute Gasteiger partial charge is 0.450 e. The van der Waals surface area contributed by atoms with Crippen LogP contribution in [0.25, 0.3) is 17.1 Å². The van der Waals surface area contributed by atoms with Crippen molar-refractivity contribution in [2.75, 3.05) is 38.5 Å². The standard InChI is InChI=1S/C23H24ClN5O3S/c1-2-32-23(31)28-14-12-27(13-15-28)20(30)16-33-22-26-25-21(17-8-10-18(24)11-9-17)29(22)19-6-4-3-5-7-19/h3-11H,2,12-16H2,1H3. The van der Waals surface area contributed by atoms with Crippen molar-refractivity contribution >= 4 is 35.4 Å². The van der Waals surface area contributed by atoms with E-state index in [1.807, 2.05) is 59.2 Å². The molecule has 1 saturated heterocycles. The first-order valence-electron chi connectivity index (χ1n) is 10.7. The number of para-hydroxylation sites is 1. The lowest BCUT2D eigenvalue weighted by Crippen LogP contribution is -2.51. The predicted octanol–water partition coefficient (Wildman–Crippen LogP) is 3.98. The summed E-state index contributed by atoms with van der Waals surface area (Å²) in [4.78, 5) is 28.1. The van der Waals surface area contributed by atoms with E-state index in [2.05, 4.69) is 10.2 Å². The molecule has 0 aliphatic carbocycles. The van der Waals surface area contributed by atoms with Crippen LogP contribution in [0.5, 0.6) is 0 Å². The Morgan fingerprint density at radius 3 is 2.30 bits per heavy atom. The normalized spacial score (nSPS) is 13.8. The van der Waals surface area contributed by atoms with Crippen LogP contribution in [0.15, 0.2) is 59.8 Å². The molecule has 1 aliphatic rings. The van der Waals surface area contributed by atoms with Gasteiger partial charge in [-0.3, -0.25) is 9.36 Å². The fourth-order valence-electron chi connectivity index (χ4n) is 3.53. The van der Waals surface area contributed by atoms with Gasteiger partial charge < -0.3 is 14.5 Å². The van der Waals surface area contributed by atoms with E-state index in [0.717, 1.165) is 11.3 Å². The van der Waals surface area contributed by atoms with Crippen LogP contribution in [-0.2, 0) is 9.53 Å². The summed E-state index contributed by atoms with van der Waals surface area (Å²) in [5.74, 6) is 0.903. The number of rotatable bonds is 6. The summed E-state index contributed by atoms with van der Waals surface area (Å²) in [6.45, 7) is 4.03. The maximum absolute atomic E-state index is 12.8. The maximum Gasteiger partial charge on any atom is 0.409 e. The minimum absolute atomic E-state index is 0.000775. The van der Waals surface area contributed by atoms with Gasteiger partial charge in [0.05, 0.1) is 12.4 Å². The minimum atomic E-state index is -0.329. The van der Waals surface area contributed by atoms with E-state index in [0.29, 0.717) is 48.8 Å². The third-order valence-corrected chi connectivity index (χ3v) is 6.40. The Morgan fingerprint density at radius 2 is 1.64 bits per heavy atom. The first-order valence-corrected chi connectivity index (χ1v) is 12.0. The van der Waals surface area contributed by atoms with Crippen LogP contribution in [-0.4, -0.2) is 75.1 Å². The number of thioether (sulfide) groups is 1. The van der Waals surface area contributed by atoms with Gasteiger partial charge in [-0.05, 0) is 43.3 Å². The van der Waals surface area contributed by atoms with Crippen LogP contribution < -0.4 is 0 Å². The highest BCUT2D eigenvalue weighted by atomic mass is 35.5. The molecule has 2 amide bonds. The zero-order valence-corrected chi connectivity index (χ0v) is 19.8. The van der Waals surface area contributed by atoms with Crippen molar-refractivity contribution in [1.29, 1.82) is 0 Å². The highest BCUT2D eigenvalue weighted by molar-refractivity contribution is 7.99. The Hall–Kier alpha value is -3.04. The zero-order valence-electron chi connectivity index (χ0n) is 18.2. The molecule has 1 fully saturated rings. The quantitative estimate of drug-likeness (QED) is 0.491. The molecule has 172 valence electrons. The van der Waals surface area contributed by atoms with Crippen molar-refractivity contribution in [3.05, 3.63) is 59.6 Å². The maximum atomic E-state index is 12.8. The Labute approximate surface area is 201 Å². The van der Waals surface area contributed by atoms with Crippen LogP contribution in [0.2, 0.25) is 5.02 Å². The molecule has 0 unspecified atom stereocenters. The van der Waals surface area contributed by atoms with E-state index in [-0.39, 0.29) is 17.8 Å². The lowest BCUT2D eigenvalue weighted by atomic mass is 10.2. The van der Waals surface area contributed by atoms with E-state index >= 15 is 0 Å². The number of hydrogen-bond donors (Lipinski definition) is 0. The molecule has 10 heteroatoms. The Morgan fingerprint density at radius 1 is 0.970 bits per heavy atom. The van der Waals surface area contributed by atoms with Gasteiger partial charge in [0.2, 0.25) is 5.91 Å². The van der Waals surface area contributed by atoms with Crippen molar-refractivity contribution in [3.63, 3.8) is 0 Å². The fourth-order valence-corrected chi connectivity index (χ4v) is 4.51. The number of carbonyl (C=O) groups is 2. The second-order valence-corrected chi connectivity index (χ2v) is 8.72. The van der Waals surface area contributed by atoms with Gasteiger partial charge in [-0.2, -0.15) is 0 Å². The van der Waals surface area contributed by atoms with E-state index < -0.39 is 0 Å². The minimum Gasteiger partial charge on any atom is -0.450 e. The van der Waals surface area contributed by atoms with Crippen LogP contribution in [0.1, 0.15) is 6.92 Å². The zero-order chi connectivity index (χ0) is 23.2. The number of carbonyl (C=O) groups excluding carboxylic acids is 2. The molecule has 4 rings (SSSR count). The van der Waals surface area contributed by atoms with Crippen LogP contribution >= 0.6 is 23.4 Å². The molecule has 0 bridgehead atoms. The summed E-state index contributed by atoms with van der Waals surface area (Å²) >= 11 is 7.39. The predicted molar refractivity (Wildman–Crippen MR) is 128 cm³/mol. The van der Waals surface area contributed by atoms with Crippen LogP contribution in [0.3, 0.4) is 0 Å². The average Bonchev–Trinajstić information content (AvgIpc) is 3.27. The number of halogens is 1. The van der Waals surface area contributed by atoms with Crippen molar-refractivity contribution in [1.82, 2.24) is 24.6 Å². The summed E-state index contributed by atoms with van der Waals surface area (Å²) in [7, 11) is 0. The van der Waals surface area contributed by atoms with Gasteiger partial charge >= 0.3 is 6.09 Å². The third-order valence-electron chi connectivity index (χ3n) is 5.23. The monoisotopic (exact) mass is 485 g/mol. The summed E-state index contributed by atoms with van der Waals surface area (Å²) in [5, 5.41) is 10.0. The van der Waals surface area contributed by atoms with E-state index in [4.69, 9.17) is 16.3 Å². The second kappa shape index (κ2) is 10.7. The number of hydrogen-bond acceptors (Lipinski definition) is 6. The van der Waals surface area contributed by atoms with Gasteiger partial charge in [0.1, 0.15) is 0 Å². The lowest BCUT2D eigenvalue weighted by molar-refractivity contribution is -0.129. The molecule has 2 heterocycles. The van der Waals surface area contributed by atoms with Gasteiger partial charge in [0.15, 0.2) is 11.0 Å². The molecule has 0 spiro atoms. The summed E-state index contributed by atoms with van der Waals surface area (Å²) in [6.07, 6.45) is -0.329. The summed E-state index contributed by atoms with van der Waals surface area (Å²) < 4.78 is 6.98. The molecule has 3 aromatic rings. The first-order chi connectivity index (χ1) is 16.1. The SMILES string of the molecule is CCOC(=O)N1CCN(C(=O)CSc2nnc(-c3ccc(Cl)cc3)n2-c2ccccc2)CC1. The smallest absolute Gasteiger partial charge is 0.409 e. The molecule has 2 aromatic carbocycles. The number of nitrogens with zero attached hydrogens (tertiary/aromatic N) is 5. The molecule has 1 aromatic heterocycles. The van der Waals surface area contributed by atoms with Crippen molar-refractivity contribution < 1.29 is 14.3 Å². The Balaban J connectivity index is 1.47.